The number of esters is 2. The van der Waals surface area contributed by atoms with E-state index in [0.717, 1.165) is 21.8 Å². The number of thiophene rings is 2. The second kappa shape index (κ2) is 11.1. The smallest absolute Gasteiger partial charge is 0.348 e. The lowest BCUT2D eigenvalue weighted by Gasteiger charge is -2.10. The third-order valence-corrected chi connectivity index (χ3v) is 7.81. The van der Waals surface area contributed by atoms with Crippen LogP contribution in [0, 0.1) is 13.8 Å². The second-order valence-electron chi connectivity index (χ2n) is 8.00. The number of benzene rings is 1. The number of hydrogen-bond acceptors (Lipinski definition) is 9. The molecule has 1 aromatic carbocycles. The first-order chi connectivity index (χ1) is 17.7. The van der Waals surface area contributed by atoms with E-state index in [-0.39, 0.29) is 40.8 Å². The summed E-state index contributed by atoms with van der Waals surface area (Å²) >= 11 is 2.34. The highest BCUT2D eigenvalue weighted by Crippen LogP contribution is 2.34. The molecule has 0 aliphatic rings. The lowest BCUT2D eigenvalue weighted by Crippen LogP contribution is -2.30. The summed E-state index contributed by atoms with van der Waals surface area (Å²) in [6, 6.07) is 11.5. The molecule has 0 radical (unpaired) electrons. The van der Waals surface area contributed by atoms with Crippen molar-refractivity contribution in [3.63, 3.8) is 0 Å². The zero-order chi connectivity index (χ0) is 26.7. The zero-order valence-corrected chi connectivity index (χ0v) is 22.4. The van der Waals surface area contributed by atoms with Crippen LogP contribution >= 0.6 is 22.7 Å². The zero-order valence-electron chi connectivity index (χ0n) is 20.7. The van der Waals surface area contributed by atoms with Crippen LogP contribution in [0.25, 0.3) is 20.7 Å². The molecule has 0 saturated carbocycles. The molecule has 1 N–H and O–H groups in total. The predicted octanol–water partition coefficient (Wildman–Crippen LogP) is 4.80. The molecule has 11 heteroatoms. The van der Waals surface area contributed by atoms with E-state index in [0.29, 0.717) is 21.6 Å². The molecule has 0 fully saturated rings. The number of hydrogen-bond donors (Lipinski definition) is 1. The Hall–Kier alpha value is -3.83. The normalized spacial score (nSPS) is 10.9. The molecule has 37 heavy (non-hydrogen) atoms. The fourth-order valence-electron chi connectivity index (χ4n) is 3.80. The van der Waals surface area contributed by atoms with E-state index in [1.807, 2.05) is 30.3 Å². The number of nitrogens with zero attached hydrogens (tertiary/aromatic N) is 2. The Morgan fingerprint density at radius 3 is 2.35 bits per heavy atom. The minimum Gasteiger partial charge on any atom is -0.462 e. The Morgan fingerprint density at radius 2 is 1.68 bits per heavy atom. The number of fused-ring (bicyclic) bond motifs is 1. The molecule has 0 bridgehead atoms. The van der Waals surface area contributed by atoms with Gasteiger partial charge in [-0.1, -0.05) is 30.3 Å². The maximum atomic E-state index is 13.3. The van der Waals surface area contributed by atoms with Crippen molar-refractivity contribution in [1.29, 1.82) is 0 Å². The molecule has 0 atom stereocenters. The molecule has 4 aromatic rings. The Labute approximate surface area is 220 Å². The van der Waals surface area contributed by atoms with Gasteiger partial charge in [0.25, 0.3) is 5.56 Å². The van der Waals surface area contributed by atoms with Crippen molar-refractivity contribution in [3.8, 4) is 10.4 Å². The van der Waals surface area contributed by atoms with E-state index in [4.69, 9.17) is 9.47 Å². The molecule has 4 rings (SSSR count). The number of aromatic nitrogens is 2. The number of aryl methyl sites for hydroxylation is 1. The number of rotatable bonds is 8. The first-order valence-corrected chi connectivity index (χ1v) is 13.2. The van der Waals surface area contributed by atoms with Gasteiger partial charge in [-0.3, -0.25) is 14.2 Å². The fourth-order valence-corrected chi connectivity index (χ4v) is 5.98. The number of ether oxygens (including phenoxy) is 2. The van der Waals surface area contributed by atoms with Crippen LogP contribution in [0.1, 0.15) is 45.3 Å². The molecule has 0 aliphatic carbocycles. The number of carbonyl (C=O) groups excluding carboxylic acids is 3. The quantitative estimate of drug-likeness (QED) is 0.320. The molecule has 3 heterocycles. The van der Waals surface area contributed by atoms with Crippen LogP contribution in [0.5, 0.6) is 0 Å². The van der Waals surface area contributed by atoms with E-state index in [1.165, 1.54) is 15.9 Å². The van der Waals surface area contributed by atoms with Gasteiger partial charge in [0.2, 0.25) is 5.91 Å². The van der Waals surface area contributed by atoms with E-state index in [9.17, 15) is 19.2 Å². The number of carbonyl (C=O) groups is 3. The van der Waals surface area contributed by atoms with E-state index >= 15 is 0 Å². The number of anilines is 1. The summed E-state index contributed by atoms with van der Waals surface area (Å²) in [7, 11) is 0. The summed E-state index contributed by atoms with van der Waals surface area (Å²) in [5.41, 5.74) is 1.09. The minimum absolute atomic E-state index is 0.0891. The highest BCUT2D eigenvalue weighted by Gasteiger charge is 2.27. The summed E-state index contributed by atoms with van der Waals surface area (Å²) in [5, 5.41) is 3.26. The van der Waals surface area contributed by atoms with Gasteiger partial charge in [0.15, 0.2) is 0 Å². The van der Waals surface area contributed by atoms with E-state index < -0.39 is 17.8 Å². The van der Waals surface area contributed by atoms with E-state index in [2.05, 4.69) is 10.3 Å². The third-order valence-electron chi connectivity index (χ3n) is 5.54. The van der Waals surface area contributed by atoms with Crippen molar-refractivity contribution in [3.05, 3.63) is 68.6 Å². The molecule has 3 aromatic heterocycles. The average Bonchev–Trinajstić information content (AvgIpc) is 3.43. The Balaban J connectivity index is 1.65. The molecule has 1 amide bonds. The predicted molar refractivity (Wildman–Crippen MR) is 144 cm³/mol. The molecular weight excluding hydrogens is 514 g/mol. The second-order valence-corrected chi connectivity index (χ2v) is 10.0. The first kappa shape index (κ1) is 26.2. The summed E-state index contributed by atoms with van der Waals surface area (Å²) in [5.74, 6) is -1.42. The Bertz CT molecular complexity index is 1550. The average molecular weight is 540 g/mol. The van der Waals surface area contributed by atoms with Crippen LogP contribution in [0.3, 0.4) is 0 Å². The maximum Gasteiger partial charge on any atom is 0.348 e. The molecule has 0 spiro atoms. The molecule has 192 valence electrons. The van der Waals surface area contributed by atoms with Gasteiger partial charge in [-0.15, -0.1) is 22.7 Å². The summed E-state index contributed by atoms with van der Waals surface area (Å²) in [6.45, 7) is 6.57. The van der Waals surface area contributed by atoms with Gasteiger partial charge in [-0.2, -0.15) is 0 Å². The van der Waals surface area contributed by atoms with Crippen LogP contribution in [-0.2, 0) is 20.8 Å². The van der Waals surface area contributed by atoms with Crippen LogP contribution < -0.4 is 10.9 Å². The minimum atomic E-state index is -0.662. The van der Waals surface area contributed by atoms with Crippen molar-refractivity contribution in [2.45, 2.75) is 34.2 Å². The Kier molecular flexibility index (Phi) is 7.84. The third kappa shape index (κ3) is 5.32. The van der Waals surface area contributed by atoms with Crippen LogP contribution in [0.15, 0.2) is 41.2 Å². The summed E-state index contributed by atoms with van der Waals surface area (Å²) < 4.78 is 11.5. The summed E-state index contributed by atoms with van der Waals surface area (Å²) in [6.07, 6.45) is 0. The molecular formula is C26H25N3O6S2. The molecule has 0 unspecified atom stereocenters. The van der Waals surface area contributed by atoms with Crippen molar-refractivity contribution in [2.24, 2.45) is 0 Å². The highest BCUT2D eigenvalue weighted by molar-refractivity contribution is 7.21. The first-order valence-electron chi connectivity index (χ1n) is 11.6. The topological polar surface area (TPSA) is 117 Å². The number of amides is 1. The number of nitrogens with one attached hydrogen (secondary N) is 1. The van der Waals surface area contributed by atoms with Gasteiger partial charge in [-0.05, 0) is 44.9 Å². The van der Waals surface area contributed by atoms with Crippen molar-refractivity contribution in [2.75, 3.05) is 18.5 Å². The van der Waals surface area contributed by atoms with Gasteiger partial charge in [0.05, 0.1) is 24.2 Å². The molecule has 0 saturated heterocycles. The largest absolute Gasteiger partial charge is 0.462 e. The van der Waals surface area contributed by atoms with Crippen molar-refractivity contribution in [1.82, 2.24) is 9.55 Å². The van der Waals surface area contributed by atoms with Gasteiger partial charge in [0.1, 0.15) is 27.1 Å². The van der Waals surface area contributed by atoms with Crippen LogP contribution in [0.4, 0.5) is 5.00 Å². The monoisotopic (exact) mass is 539 g/mol. The van der Waals surface area contributed by atoms with Gasteiger partial charge in [0, 0.05) is 4.88 Å². The Morgan fingerprint density at radius 1 is 1.00 bits per heavy atom. The van der Waals surface area contributed by atoms with Gasteiger partial charge >= 0.3 is 11.9 Å². The molecule has 9 nitrogen and oxygen atoms in total. The van der Waals surface area contributed by atoms with Crippen molar-refractivity contribution < 1.29 is 23.9 Å². The maximum absolute atomic E-state index is 13.3. The van der Waals surface area contributed by atoms with Crippen LogP contribution in [-0.4, -0.2) is 40.6 Å². The fraction of sp³-hybridized carbons (Fsp3) is 0.269. The highest BCUT2D eigenvalue weighted by atomic mass is 32.1. The van der Waals surface area contributed by atoms with E-state index in [1.54, 1.807) is 33.8 Å². The van der Waals surface area contributed by atoms with Crippen LogP contribution in [0.2, 0.25) is 0 Å². The lowest BCUT2D eigenvalue weighted by atomic mass is 10.1. The van der Waals surface area contributed by atoms with Crippen molar-refractivity contribution >= 4 is 55.7 Å². The SMILES string of the molecule is CCOC(=O)c1sc(NC(=O)Cn2c(C)nc3sc(-c4ccccc4)cc3c2=O)c(C(=O)OCC)c1C. The van der Waals surface area contributed by atoms with Gasteiger partial charge in [-0.25, -0.2) is 14.6 Å². The molecule has 0 aliphatic heterocycles. The standard InChI is InChI=1S/C26H25N3O6S2/c1-5-34-25(32)20-14(3)21(26(33)35-6-2)37-23(20)28-19(30)13-29-15(4)27-22-17(24(29)31)12-18(36-22)16-10-8-7-9-11-16/h7-12H,5-6,13H2,1-4H3,(H,28,30). The summed E-state index contributed by atoms with van der Waals surface area (Å²) in [4.78, 5) is 57.5. The lowest BCUT2D eigenvalue weighted by molar-refractivity contribution is -0.116. The van der Waals surface area contributed by atoms with Gasteiger partial charge < -0.3 is 14.8 Å².